The number of rotatable bonds is 8. The zero-order valence-corrected chi connectivity index (χ0v) is 15.2. The molecule has 1 aliphatic heterocycles. The van der Waals surface area contributed by atoms with Gasteiger partial charge in [-0.15, -0.1) is 0 Å². The lowest BCUT2D eigenvalue weighted by atomic mass is 9.98. The first-order chi connectivity index (χ1) is 9.71. The Hall–Kier alpha value is -0.570. The van der Waals surface area contributed by atoms with Gasteiger partial charge in [-0.1, -0.05) is 47.5 Å². The number of nitrogens with one attached hydrogen (secondary N) is 1. The predicted octanol–water partition coefficient (Wildman–Crippen LogP) is 4.17. The van der Waals surface area contributed by atoms with Gasteiger partial charge in [-0.25, -0.2) is 0 Å². The van der Waals surface area contributed by atoms with Gasteiger partial charge in [0.05, 0.1) is 11.7 Å². The second-order valence-electron chi connectivity index (χ2n) is 7.86. The lowest BCUT2D eigenvalue weighted by Gasteiger charge is -2.31. The monoisotopic (exact) mass is 296 g/mol. The first-order valence-electron chi connectivity index (χ1n) is 8.81. The number of carbonyl (C=O) groups excluding carboxylic acids is 1. The van der Waals surface area contributed by atoms with Gasteiger partial charge in [-0.05, 0) is 44.9 Å². The molecule has 0 saturated carbocycles. The van der Waals surface area contributed by atoms with E-state index >= 15 is 0 Å². The van der Waals surface area contributed by atoms with Crippen LogP contribution in [0.5, 0.6) is 0 Å². The Kier molecular flexibility index (Phi) is 6.71. The molecule has 0 bridgehead atoms. The van der Waals surface area contributed by atoms with Crippen molar-refractivity contribution in [2.24, 2.45) is 11.8 Å². The normalized spacial score (nSPS) is 28.0. The molecule has 3 atom stereocenters. The minimum Gasteiger partial charge on any atom is -0.323 e. The molecular formula is C18H36N2O. The van der Waals surface area contributed by atoms with E-state index in [-0.39, 0.29) is 11.7 Å². The molecule has 0 spiro atoms. The molecule has 0 aromatic carbocycles. The number of amides is 1. The maximum absolute atomic E-state index is 12.9. The van der Waals surface area contributed by atoms with E-state index in [1.54, 1.807) is 0 Å². The highest BCUT2D eigenvalue weighted by atomic mass is 16.2. The van der Waals surface area contributed by atoms with E-state index in [0.717, 1.165) is 25.2 Å². The van der Waals surface area contributed by atoms with Crippen LogP contribution in [0.3, 0.4) is 0 Å². The van der Waals surface area contributed by atoms with Gasteiger partial charge in [0.1, 0.15) is 0 Å². The van der Waals surface area contributed by atoms with Crippen LogP contribution in [-0.4, -0.2) is 28.6 Å². The Morgan fingerprint density at radius 1 is 1.14 bits per heavy atom. The molecule has 1 N–H and O–H groups in total. The summed E-state index contributed by atoms with van der Waals surface area (Å²) in [4.78, 5) is 15.0. The molecule has 1 fully saturated rings. The van der Waals surface area contributed by atoms with Crippen LogP contribution >= 0.6 is 0 Å². The largest absolute Gasteiger partial charge is 0.323 e. The van der Waals surface area contributed by atoms with Gasteiger partial charge in [-0.3, -0.25) is 10.1 Å². The van der Waals surface area contributed by atoms with Crippen molar-refractivity contribution in [3.8, 4) is 0 Å². The minimum atomic E-state index is -0.369. The van der Waals surface area contributed by atoms with Crippen molar-refractivity contribution >= 4 is 5.91 Å². The fraction of sp³-hybridized carbons (Fsp3) is 0.944. The summed E-state index contributed by atoms with van der Waals surface area (Å²) in [5.41, 5.74) is -0.369. The Balaban J connectivity index is 2.75. The van der Waals surface area contributed by atoms with Crippen LogP contribution in [0.25, 0.3) is 0 Å². The smallest absolute Gasteiger partial charge is 0.244 e. The first-order valence-corrected chi connectivity index (χ1v) is 8.81. The topological polar surface area (TPSA) is 32.3 Å². The van der Waals surface area contributed by atoms with Crippen LogP contribution in [0.15, 0.2) is 0 Å². The first kappa shape index (κ1) is 18.5. The predicted molar refractivity (Wildman–Crippen MR) is 90.1 cm³/mol. The van der Waals surface area contributed by atoms with Crippen LogP contribution < -0.4 is 5.32 Å². The molecule has 1 aliphatic rings. The summed E-state index contributed by atoms with van der Waals surface area (Å²) in [6.07, 6.45) is 5.67. The molecule has 1 rings (SSSR count). The van der Waals surface area contributed by atoms with Crippen LogP contribution in [0.4, 0.5) is 0 Å². The van der Waals surface area contributed by atoms with Gasteiger partial charge in [0.15, 0.2) is 0 Å². The summed E-state index contributed by atoms with van der Waals surface area (Å²) in [5.74, 6) is 1.64. The van der Waals surface area contributed by atoms with E-state index in [2.05, 4.69) is 58.7 Å². The molecule has 0 aromatic rings. The third-order valence-electron chi connectivity index (χ3n) is 4.81. The molecule has 0 radical (unpaired) electrons. The van der Waals surface area contributed by atoms with E-state index in [9.17, 15) is 4.79 Å². The summed E-state index contributed by atoms with van der Waals surface area (Å²) in [5, 5.41) is 3.60. The average molecular weight is 296 g/mol. The summed E-state index contributed by atoms with van der Waals surface area (Å²) in [6.45, 7) is 15.4. The third kappa shape index (κ3) is 4.70. The molecule has 0 aromatic heterocycles. The summed E-state index contributed by atoms with van der Waals surface area (Å²) >= 11 is 0. The third-order valence-corrected chi connectivity index (χ3v) is 4.81. The average Bonchev–Trinajstić information content (AvgIpc) is 2.60. The summed E-state index contributed by atoms with van der Waals surface area (Å²) in [7, 11) is 0. The lowest BCUT2D eigenvalue weighted by molar-refractivity contribution is -0.135. The van der Waals surface area contributed by atoms with E-state index in [4.69, 9.17) is 0 Å². The molecule has 1 heterocycles. The van der Waals surface area contributed by atoms with E-state index in [1.807, 2.05) is 0 Å². The van der Waals surface area contributed by atoms with Crippen molar-refractivity contribution in [3.63, 3.8) is 0 Å². The quantitative estimate of drug-likeness (QED) is 0.729. The van der Waals surface area contributed by atoms with Crippen molar-refractivity contribution < 1.29 is 4.79 Å². The van der Waals surface area contributed by atoms with Crippen LogP contribution in [0, 0.1) is 11.8 Å². The van der Waals surface area contributed by atoms with Gasteiger partial charge < -0.3 is 4.90 Å². The number of carbonyl (C=O) groups is 1. The summed E-state index contributed by atoms with van der Waals surface area (Å²) < 4.78 is 0. The SMILES string of the molecule is CCC1(C)NC(CC(C)C)N(C(C)CCCC(C)C)C1=O. The van der Waals surface area contributed by atoms with Crippen molar-refractivity contribution in [2.75, 3.05) is 0 Å². The second kappa shape index (κ2) is 7.62. The molecule has 124 valence electrons. The van der Waals surface area contributed by atoms with Gasteiger partial charge in [0, 0.05) is 6.04 Å². The standard InChI is InChI=1S/C18H36N2O/c1-8-18(7)17(21)20(16(19-18)12-14(4)5)15(6)11-9-10-13(2)3/h13-16,19H,8-12H2,1-7H3. The van der Waals surface area contributed by atoms with Gasteiger partial charge in [0.25, 0.3) is 0 Å². The van der Waals surface area contributed by atoms with Gasteiger partial charge >= 0.3 is 0 Å². The van der Waals surface area contributed by atoms with Crippen LogP contribution in [0.1, 0.15) is 80.6 Å². The van der Waals surface area contributed by atoms with Gasteiger partial charge in [0.2, 0.25) is 5.91 Å². The Morgan fingerprint density at radius 2 is 1.76 bits per heavy atom. The Bertz CT molecular complexity index is 340. The minimum absolute atomic E-state index is 0.205. The lowest BCUT2D eigenvalue weighted by Crippen LogP contribution is -2.44. The van der Waals surface area contributed by atoms with Crippen LogP contribution in [-0.2, 0) is 4.79 Å². The Labute approximate surface area is 131 Å². The highest BCUT2D eigenvalue weighted by Gasteiger charge is 2.47. The highest BCUT2D eigenvalue weighted by molar-refractivity contribution is 5.88. The second-order valence-corrected chi connectivity index (χ2v) is 7.86. The molecule has 1 amide bonds. The molecule has 21 heavy (non-hydrogen) atoms. The van der Waals surface area contributed by atoms with E-state index in [0.29, 0.717) is 17.9 Å². The molecule has 3 nitrogen and oxygen atoms in total. The van der Waals surface area contributed by atoms with Crippen LogP contribution in [0.2, 0.25) is 0 Å². The zero-order chi connectivity index (χ0) is 16.2. The zero-order valence-electron chi connectivity index (χ0n) is 15.2. The van der Waals surface area contributed by atoms with E-state index in [1.165, 1.54) is 12.8 Å². The molecular weight excluding hydrogens is 260 g/mol. The van der Waals surface area contributed by atoms with Gasteiger partial charge in [-0.2, -0.15) is 0 Å². The van der Waals surface area contributed by atoms with Crippen molar-refractivity contribution in [1.82, 2.24) is 10.2 Å². The molecule has 3 heteroatoms. The fourth-order valence-electron chi connectivity index (χ4n) is 3.27. The number of hydrogen-bond acceptors (Lipinski definition) is 2. The number of nitrogens with zero attached hydrogens (tertiary/aromatic N) is 1. The van der Waals surface area contributed by atoms with E-state index < -0.39 is 0 Å². The highest BCUT2D eigenvalue weighted by Crippen LogP contribution is 2.30. The van der Waals surface area contributed by atoms with Crippen molar-refractivity contribution in [3.05, 3.63) is 0 Å². The van der Waals surface area contributed by atoms with Crippen molar-refractivity contribution in [1.29, 1.82) is 0 Å². The summed E-state index contributed by atoms with van der Waals surface area (Å²) in [6, 6.07) is 0.334. The molecule has 3 unspecified atom stereocenters. The fourth-order valence-corrected chi connectivity index (χ4v) is 3.27. The molecule has 1 saturated heterocycles. The maximum Gasteiger partial charge on any atom is 0.244 e. The number of hydrogen-bond donors (Lipinski definition) is 1. The maximum atomic E-state index is 12.9. The molecule has 0 aliphatic carbocycles. The van der Waals surface area contributed by atoms with Crippen molar-refractivity contribution in [2.45, 2.75) is 98.3 Å². The Morgan fingerprint density at radius 3 is 2.24 bits per heavy atom.